The Hall–Kier alpha value is -2.59. The quantitative estimate of drug-likeness (QED) is 0.605. The number of β-amino-alcohol motifs (C(OH)–C–C–N with tert-alkyl or cyclic N) is 1. The predicted octanol–water partition coefficient (Wildman–Crippen LogP) is 3.26. The molecule has 3 aliphatic rings. The van der Waals surface area contributed by atoms with Gasteiger partial charge in [-0.15, -0.1) is 11.8 Å². The number of ether oxygens (including phenoxy) is 1. The molecule has 0 radical (unpaired) electrons. The first kappa shape index (κ1) is 27.4. The summed E-state index contributed by atoms with van der Waals surface area (Å²) in [6, 6.07) is 6.88. The van der Waals surface area contributed by atoms with Crippen LogP contribution in [0.3, 0.4) is 0 Å². The molecule has 2 fully saturated rings. The van der Waals surface area contributed by atoms with Crippen molar-refractivity contribution in [1.29, 1.82) is 0 Å². The molecule has 0 bridgehead atoms. The lowest BCUT2D eigenvalue weighted by molar-refractivity contribution is -0.143. The Labute approximate surface area is 223 Å². The SMILES string of the molecule is CC1N=CSC1c1ccc(CNC(=O)[C@@H]2C[C@@H](O)CN2C(=O)[C@@H]2CCCCN2C(=O)OC(C)(C)C)cc1. The smallest absolute Gasteiger partial charge is 0.410 e. The highest BCUT2D eigenvalue weighted by molar-refractivity contribution is 8.12. The summed E-state index contributed by atoms with van der Waals surface area (Å²) in [5, 5.41) is 13.6. The number of amides is 3. The van der Waals surface area contributed by atoms with Crippen molar-refractivity contribution in [2.24, 2.45) is 4.99 Å². The lowest BCUT2D eigenvalue weighted by atomic mass is 10.0. The molecular weight excluding hydrogens is 492 g/mol. The molecule has 4 rings (SSSR count). The minimum absolute atomic E-state index is 0.0730. The van der Waals surface area contributed by atoms with Gasteiger partial charge in [0.2, 0.25) is 11.8 Å². The number of likely N-dealkylation sites (tertiary alicyclic amines) is 2. The summed E-state index contributed by atoms with van der Waals surface area (Å²) in [5.41, 5.74) is 3.37. The van der Waals surface area contributed by atoms with Crippen LogP contribution in [0.2, 0.25) is 0 Å². The van der Waals surface area contributed by atoms with Crippen molar-refractivity contribution in [2.45, 2.75) is 95.0 Å². The molecule has 9 nitrogen and oxygen atoms in total. The molecule has 10 heteroatoms. The summed E-state index contributed by atoms with van der Waals surface area (Å²) in [5.74, 6) is -0.612. The first-order valence-corrected chi connectivity index (χ1v) is 14.0. The first-order valence-electron chi connectivity index (χ1n) is 13.1. The number of benzene rings is 1. The lowest BCUT2D eigenvalue weighted by Crippen LogP contribution is -2.56. The number of hydrogen-bond donors (Lipinski definition) is 2. The standard InChI is InChI=1S/C27H38N4O5S/c1-17-23(37-16-29-17)19-10-8-18(9-11-19)14-28-24(33)22-13-20(32)15-31(22)25(34)21-7-5-6-12-30(21)26(35)36-27(2,3)4/h8-11,16-17,20-23,32H,5-7,12-15H2,1-4H3,(H,28,33)/t17?,20-,21+,22+,23?/m1/s1. The number of piperidine rings is 1. The summed E-state index contributed by atoms with van der Waals surface area (Å²) in [6.07, 6.45) is 0.973. The molecule has 202 valence electrons. The monoisotopic (exact) mass is 530 g/mol. The number of hydrogen-bond acceptors (Lipinski definition) is 7. The van der Waals surface area contributed by atoms with Gasteiger partial charge in [-0.3, -0.25) is 19.5 Å². The molecule has 2 unspecified atom stereocenters. The van der Waals surface area contributed by atoms with E-state index in [4.69, 9.17) is 4.74 Å². The zero-order chi connectivity index (χ0) is 26.7. The molecule has 0 spiro atoms. The van der Waals surface area contributed by atoms with Crippen molar-refractivity contribution in [3.63, 3.8) is 0 Å². The molecule has 1 aromatic rings. The molecule has 5 atom stereocenters. The number of carbonyl (C=O) groups is 3. The van der Waals surface area contributed by atoms with Crippen LogP contribution in [0.5, 0.6) is 0 Å². The van der Waals surface area contributed by atoms with Gasteiger partial charge in [0.1, 0.15) is 17.7 Å². The Kier molecular flexibility index (Phi) is 8.48. The van der Waals surface area contributed by atoms with E-state index in [-0.39, 0.29) is 30.8 Å². The third-order valence-electron chi connectivity index (χ3n) is 7.00. The van der Waals surface area contributed by atoms with Gasteiger partial charge in [-0.1, -0.05) is 24.3 Å². The van der Waals surface area contributed by atoms with E-state index >= 15 is 0 Å². The molecule has 0 saturated carbocycles. The van der Waals surface area contributed by atoms with Crippen molar-refractivity contribution in [3.05, 3.63) is 35.4 Å². The number of aliphatic imine (C=N–C) groups is 1. The van der Waals surface area contributed by atoms with Gasteiger partial charge in [0.25, 0.3) is 0 Å². The molecule has 1 aromatic carbocycles. The van der Waals surface area contributed by atoms with Crippen LogP contribution in [0.4, 0.5) is 4.79 Å². The van der Waals surface area contributed by atoms with E-state index in [1.807, 2.05) is 17.7 Å². The zero-order valence-electron chi connectivity index (χ0n) is 22.1. The third kappa shape index (κ3) is 6.65. The highest BCUT2D eigenvalue weighted by Gasteiger charge is 2.44. The molecule has 0 aromatic heterocycles. The Morgan fingerprint density at radius 1 is 1.14 bits per heavy atom. The Morgan fingerprint density at radius 3 is 2.51 bits per heavy atom. The zero-order valence-corrected chi connectivity index (χ0v) is 22.9. The summed E-state index contributed by atoms with van der Waals surface area (Å²) >= 11 is 1.71. The molecule has 3 aliphatic heterocycles. The fourth-order valence-electron chi connectivity index (χ4n) is 5.10. The topological polar surface area (TPSA) is 112 Å². The van der Waals surface area contributed by atoms with E-state index in [0.29, 0.717) is 24.8 Å². The molecule has 0 aliphatic carbocycles. The minimum atomic E-state index is -0.786. The van der Waals surface area contributed by atoms with Gasteiger partial charge in [-0.05, 0) is 58.1 Å². The molecule has 3 heterocycles. The summed E-state index contributed by atoms with van der Waals surface area (Å²) in [4.78, 5) is 46.9. The van der Waals surface area contributed by atoms with Crippen LogP contribution in [0.1, 0.15) is 69.8 Å². The molecule has 37 heavy (non-hydrogen) atoms. The number of nitrogens with zero attached hydrogens (tertiary/aromatic N) is 3. The Balaban J connectivity index is 1.38. The average Bonchev–Trinajstić information content (AvgIpc) is 3.46. The van der Waals surface area contributed by atoms with Gasteiger partial charge in [0.05, 0.1) is 22.9 Å². The fraction of sp³-hybridized carbons (Fsp3) is 0.630. The summed E-state index contributed by atoms with van der Waals surface area (Å²) in [6.45, 7) is 8.29. The van der Waals surface area contributed by atoms with Gasteiger partial charge in [0, 0.05) is 26.1 Å². The maximum atomic E-state index is 13.6. The van der Waals surface area contributed by atoms with Crippen molar-refractivity contribution < 1.29 is 24.2 Å². The maximum absolute atomic E-state index is 13.6. The second-order valence-electron chi connectivity index (χ2n) is 11.1. The van der Waals surface area contributed by atoms with Crippen molar-refractivity contribution in [3.8, 4) is 0 Å². The van der Waals surface area contributed by atoms with E-state index in [0.717, 1.165) is 18.4 Å². The van der Waals surface area contributed by atoms with Crippen molar-refractivity contribution >= 4 is 35.2 Å². The van der Waals surface area contributed by atoms with Gasteiger partial charge < -0.3 is 20.1 Å². The van der Waals surface area contributed by atoms with Crippen molar-refractivity contribution in [2.75, 3.05) is 13.1 Å². The summed E-state index contributed by atoms with van der Waals surface area (Å²) in [7, 11) is 0. The minimum Gasteiger partial charge on any atom is -0.444 e. The number of carbonyl (C=O) groups excluding carboxylic acids is 3. The van der Waals surface area contributed by atoms with Gasteiger partial charge in [0.15, 0.2) is 0 Å². The highest BCUT2D eigenvalue weighted by atomic mass is 32.2. The second kappa shape index (κ2) is 11.4. The number of rotatable bonds is 5. The van der Waals surface area contributed by atoms with Crippen LogP contribution in [-0.2, 0) is 20.9 Å². The average molecular weight is 531 g/mol. The summed E-state index contributed by atoms with van der Waals surface area (Å²) < 4.78 is 5.53. The highest BCUT2D eigenvalue weighted by Crippen LogP contribution is 2.36. The van der Waals surface area contributed by atoms with Crippen LogP contribution < -0.4 is 5.32 Å². The number of thioether (sulfide) groups is 1. The van der Waals surface area contributed by atoms with E-state index in [1.165, 1.54) is 15.4 Å². The number of aliphatic hydroxyl groups is 1. The third-order valence-corrected chi connectivity index (χ3v) is 8.20. The maximum Gasteiger partial charge on any atom is 0.410 e. The van der Waals surface area contributed by atoms with Crippen LogP contribution in [0.15, 0.2) is 29.3 Å². The Bertz CT molecular complexity index is 1020. The largest absolute Gasteiger partial charge is 0.444 e. The fourth-order valence-corrected chi connectivity index (χ4v) is 6.11. The van der Waals surface area contributed by atoms with Crippen LogP contribution in [0.25, 0.3) is 0 Å². The number of nitrogens with one attached hydrogen (secondary N) is 1. The van der Waals surface area contributed by atoms with Crippen LogP contribution >= 0.6 is 11.8 Å². The van der Waals surface area contributed by atoms with Crippen molar-refractivity contribution in [1.82, 2.24) is 15.1 Å². The number of aliphatic hydroxyl groups excluding tert-OH is 1. The van der Waals surface area contributed by atoms with Gasteiger partial charge >= 0.3 is 6.09 Å². The molecule has 2 saturated heterocycles. The molecular formula is C27H38N4O5S. The van der Waals surface area contributed by atoms with E-state index in [1.54, 1.807) is 32.5 Å². The van der Waals surface area contributed by atoms with E-state index < -0.39 is 29.9 Å². The van der Waals surface area contributed by atoms with Gasteiger partial charge in [-0.25, -0.2) is 4.79 Å². The lowest BCUT2D eigenvalue weighted by Gasteiger charge is -2.38. The van der Waals surface area contributed by atoms with Crippen LogP contribution in [0, 0.1) is 0 Å². The predicted molar refractivity (Wildman–Crippen MR) is 143 cm³/mol. The van der Waals surface area contributed by atoms with E-state index in [9.17, 15) is 19.5 Å². The normalized spacial score (nSPS) is 27.9. The molecule has 3 amide bonds. The molecule has 2 N–H and O–H groups in total. The van der Waals surface area contributed by atoms with E-state index in [2.05, 4.69) is 29.4 Å². The van der Waals surface area contributed by atoms with Crippen LogP contribution in [-0.4, -0.2) is 81.3 Å². The first-order chi connectivity index (χ1) is 17.5. The van der Waals surface area contributed by atoms with Gasteiger partial charge in [-0.2, -0.15) is 0 Å². The second-order valence-corrected chi connectivity index (χ2v) is 12.1. The Morgan fingerprint density at radius 2 is 1.86 bits per heavy atom.